The average Bonchev–Trinajstić information content (AvgIpc) is 2.29. The number of hydrogen-bond acceptors (Lipinski definition) is 2. The van der Waals surface area contributed by atoms with Gasteiger partial charge in [0, 0.05) is 12.0 Å². The molecule has 1 aliphatic rings. The first kappa shape index (κ1) is 12.1. The molecule has 0 aliphatic heterocycles. The van der Waals surface area contributed by atoms with Gasteiger partial charge in [0.1, 0.15) is 0 Å². The number of rotatable bonds is 1. The lowest BCUT2D eigenvalue weighted by molar-refractivity contribution is 0.0972. The van der Waals surface area contributed by atoms with Crippen LogP contribution in [0.3, 0.4) is 0 Å². The monoisotopic (exact) mass is 245 g/mol. The topological polar surface area (TPSA) is 120 Å². The molecule has 0 unspecified atom stereocenters. The lowest BCUT2D eigenvalue weighted by Crippen LogP contribution is -2.26. The molecule has 0 fully saturated rings. The number of fused-ring (bicyclic) bond motifs is 1. The van der Waals surface area contributed by atoms with E-state index in [1.165, 1.54) is 0 Å². The summed E-state index contributed by atoms with van der Waals surface area (Å²) in [6, 6.07) is 5.42. The predicted molar refractivity (Wildman–Crippen MR) is 70.8 cm³/mol. The Balaban J connectivity index is 2.34. The van der Waals surface area contributed by atoms with Gasteiger partial charge in [0.15, 0.2) is 11.7 Å². The molecule has 6 heteroatoms. The molecule has 0 amide bonds. The van der Waals surface area contributed by atoms with E-state index in [1.807, 2.05) is 6.07 Å². The fourth-order valence-electron chi connectivity index (χ4n) is 1.98. The van der Waals surface area contributed by atoms with E-state index in [4.69, 9.17) is 17.2 Å². The van der Waals surface area contributed by atoms with Crippen molar-refractivity contribution in [1.29, 1.82) is 0 Å². The van der Waals surface area contributed by atoms with Crippen LogP contribution < -0.4 is 17.2 Å². The molecular formula is C12H15N5O. The third kappa shape index (κ3) is 2.65. The zero-order valence-electron chi connectivity index (χ0n) is 9.89. The molecule has 1 aliphatic carbocycles. The van der Waals surface area contributed by atoms with Crippen LogP contribution in [-0.2, 0) is 6.42 Å². The molecule has 1 aromatic carbocycles. The van der Waals surface area contributed by atoms with E-state index in [-0.39, 0.29) is 17.7 Å². The Morgan fingerprint density at radius 1 is 1.17 bits per heavy atom. The van der Waals surface area contributed by atoms with Crippen molar-refractivity contribution >= 4 is 23.4 Å². The van der Waals surface area contributed by atoms with Gasteiger partial charge in [-0.15, -0.1) is 0 Å². The van der Waals surface area contributed by atoms with Gasteiger partial charge in [-0.2, -0.15) is 4.99 Å². The summed E-state index contributed by atoms with van der Waals surface area (Å²) in [7, 11) is 0. The third-order valence-electron chi connectivity index (χ3n) is 2.73. The van der Waals surface area contributed by atoms with Crippen molar-refractivity contribution in [2.45, 2.75) is 19.3 Å². The first-order valence-electron chi connectivity index (χ1n) is 5.66. The van der Waals surface area contributed by atoms with Crippen molar-refractivity contribution < 1.29 is 4.79 Å². The Kier molecular flexibility index (Phi) is 3.27. The van der Waals surface area contributed by atoms with Crippen molar-refractivity contribution in [2.24, 2.45) is 27.2 Å². The second-order valence-electron chi connectivity index (χ2n) is 4.12. The molecule has 1 aromatic rings. The SMILES string of the molecule is NC(N)=NC(N)=Nc1ccc2c(c1)C(=O)CCC2. The van der Waals surface area contributed by atoms with Crippen molar-refractivity contribution in [1.82, 2.24) is 0 Å². The molecule has 0 saturated heterocycles. The normalized spacial score (nSPS) is 15.1. The fourth-order valence-corrected chi connectivity index (χ4v) is 1.98. The summed E-state index contributed by atoms with van der Waals surface area (Å²) in [4.78, 5) is 19.4. The number of guanidine groups is 2. The lowest BCUT2D eigenvalue weighted by Gasteiger charge is -2.14. The number of nitrogens with zero attached hydrogens (tertiary/aromatic N) is 2. The van der Waals surface area contributed by atoms with Gasteiger partial charge in [-0.3, -0.25) is 4.79 Å². The summed E-state index contributed by atoms with van der Waals surface area (Å²) in [5.74, 6) is -0.0304. The van der Waals surface area contributed by atoms with Crippen molar-refractivity contribution in [3.05, 3.63) is 29.3 Å². The quantitative estimate of drug-likeness (QED) is 0.490. The van der Waals surface area contributed by atoms with Crippen molar-refractivity contribution in [3.8, 4) is 0 Å². The number of nitrogens with two attached hydrogens (primary N) is 3. The molecule has 94 valence electrons. The molecule has 0 saturated carbocycles. The van der Waals surface area contributed by atoms with E-state index >= 15 is 0 Å². The summed E-state index contributed by atoms with van der Waals surface area (Å²) in [6.45, 7) is 0. The molecule has 0 spiro atoms. The van der Waals surface area contributed by atoms with Crippen LogP contribution in [0, 0.1) is 0 Å². The van der Waals surface area contributed by atoms with Gasteiger partial charge in [-0.05, 0) is 30.5 Å². The molecule has 6 nitrogen and oxygen atoms in total. The minimum atomic E-state index is -0.148. The number of Topliss-reactive ketones (excluding diaryl/α,β-unsaturated/α-hetero) is 1. The number of benzene rings is 1. The molecule has 0 radical (unpaired) electrons. The minimum absolute atomic E-state index is 0.0294. The second-order valence-corrected chi connectivity index (χ2v) is 4.12. The largest absolute Gasteiger partial charge is 0.370 e. The summed E-state index contributed by atoms with van der Waals surface area (Å²) in [5, 5.41) is 0. The van der Waals surface area contributed by atoms with Crippen LogP contribution >= 0.6 is 0 Å². The van der Waals surface area contributed by atoms with Crippen LogP contribution in [0.1, 0.15) is 28.8 Å². The van der Waals surface area contributed by atoms with Crippen molar-refractivity contribution in [3.63, 3.8) is 0 Å². The standard InChI is InChI=1S/C12H15N5O/c13-11(14)17-12(15)16-8-5-4-7-2-1-3-10(18)9(7)6-8/h4-6H,1-3H2,(H6,13,14,15,16,17). The Morgan fingerprint density at radius 3 is 2.67 bits per heavy atom. The van der Waals surface area contributed by atoms with Crippen LogP contribution in [0.5, 0.6) is 0 Å². The van der Waals surface area contributed by atoms with Crippen LogP contribution in [0.2, 0.25) is 0 Å². The van der Waals surface area contributed by atoms with Gasteiger partial charge < -0.3 is 17.2 Å². The smallest absolute Gasteiger partial charge is 0.223 e. The number of aliphatic imine (C=N–C) groups is 2. The zero-order chi connectivity index (χ0) is 13.1. The van der Waals surface area contributed by atoms with Gasteiger partial charge >= 0.3 is 0 Å². The second kappa shape index (κ2) is 4.87. The third-order valence-corrected chi connectivity index (χ3v) is 2.73. The number of ketones is 1. The Hall–Kier alpha value is -2.37. The van der Waals surface area contributed by atoms with Crippen LogP contribution in [0.15, 0.2) is 28.2 Å². The number of carbonyl (C=O) groups is 1. The molecule has 2 rings (SSSR count). The maximum absolute atomic E-state index is 11.8. The highest BCUT2D eigenvalue weighted by molar-refractivity contribution is 5.99. The first-order chi connectivity index (χ1) is 8.56. The molecule has 0 aromatic heterocycles. The Morgan fingerprint density at radius 2 is 1.94 bits per heavy atom. The van der Waals surface area contributed by atoms with E-state index in [9.17, 15) is 4.79 Å². The van der Waals surface area contributed by atoms with E-state index in [0.29, 0.717) is 12.1 Å². The minimum Gasteiger partial charge on any atom is -0.370 e. The Labute approximate surface area is 105 Å². The maximum atomic E-state index is 11.8. The lowest BCUT2D eigenvalue weighted by atomic mass is 9.90. The van der Waals surface area contributed by atoms with Crippen LogP contribution in [-0.4, -0.2) is 17.7 Å². The molecule has 0 atom stereocenters. The first-order valence-corrected chi connectivity index (χ1v) is 5.66. The van der Waals surface area contributed by atoms with Gasteiger partial charge in [0.25, 0.3) is 0 Å². The summed E-state index contributed by atoms with van der Waals surface area (Å²) >= 11 is 0. The summed E-state index contributed by atoms with van der Waals surface area (Å²) in [6.07, 6.45) is 2.42. The van der Waals surface area contributed by atoms with Gasteiger partial charge in [0.05, 0.1) is 5.69 Å². The van der Waals surface area contributed by atoms with Crippen molar-refractivity contribution in [2.75, 3.05) is 0 Å². The summed E-state index contributed by atoms with van der Waals surface area (Å²) < 4.78 is 0. The van der Waals surface area contributed by atoms with Crippen LogP contribution in [0.4, 0.5) is 5.69 Å². The molecular weight excluding hydrogens is 230 g/mol. The highest BCUT2D eigenvalue weighted by atomic mass is 16.1. The molecule has 18 heavy (non-hydrogen) atoms. The van der Waals surface area contributed by atoms with Gasteiger partial charge in [-0.1, -0.05) is 6.07 Å². The average molecular weight is 245 g/mol. The summed E-state index contributed by atoms with van der Waals surface area (Å²) in [5.41, 5.74) is 18.3. The maximum Gasteiger partial charge on any atom is 0.223 e. The number of hydrogen-bond donors (Lipinski definition) is 3. The predicted octanol–water partition coefficient (Wildman–Crippen LogP) is 0.425. The zero-order valence-corrected chi connectivity index (χ0v) is 9.89. The molecule has 6 N–H and O–H groups in total. The van der Waals surface area contributed by atoms with E-state index in [2.05, 4.69) is 9.98 Å². The van der Waals surface area contributed by atoms with Gasteiger partial charge in [0.2, 0.25) is 5.96 Å². The molecule has 0 heterocycles. The van der Waals surface area contributed by atoms with Gasteiger partial charge in [-0.25, -0.2) is 4.99 Å². The Bertz CT molecular complexity index is 543. The fraction of sp³-hybridized carbons (Fsp3) is 0.250. The van der Waals surface area contributed by atoms with E-state index in [1.54, 1.807) is 12.1 Å². The molecule has 0 bridgehead atoms. The highest BCUT2D eigenvalue weighted by Crippen LogP contribution is 2.25. The van der Waals surface area contributed by atoms with E-state index in [0.717, 1.165) is 24.0 Å². The van der Waals surface area contributed by atoms with E-state index < -0.39 is 0 Å². The number of carbonyl (C=O) groups excluding carboxylic acids is 1. The highest BCUT2D eigenvalue weighted by Gasteiger charge is 2.17. The van der Waals surface area contributed by atoms with Crippen LogP contribution in [0.25, 0.3) is 0 Å². The number of aryl methyl sites for hydroxylation is 1.